The number of amides is 1. The number of carbonyl (C=O) groups excluding carboxylic acids is 1. The van der Waals surface area contributed by atoms with Gasteiger partial charge in [-0.1, -0.05) is 20.8 Å². The molecule has 0 radical (unpaired) electrons. The van der Waals surface area contributed by atoms with Crippen molar-refractivity contribution in [3.63, 3.8) is 0 Å². The number of fused-ring (bicyclic) bond motifs is 1. The summed E-state index contributed by atoms with van der Waals surface area (Å²) >= 11 is 0. The van der Waals surface area contributed by atoms with E-state index in [1.165, 1.54) is 12.1 Å². The maximum atomic E-state index is 13.9. The zero-order chi connectivity index (χ0) is 14.2. The van der Waals surface area contributed by atoms with E-state index in [1.807, 2.05) is 6.92 Å². The maximum Gasteiger partial charge on any atom is 0.491 e. The van der Waals surface area contributed by atoms with Gasteiger partial charge in [-0.25, -0.2) is 4.39 Å². The fourth-order valence-corrected chi connectivity index (χ4v) is 1.79. The molecule has 0 atom stereocenters. The van der Waals surface area contributed by atoms with E-state index in [0.29, 0.717) is 17.4 Å². The molecule has 0 saturated carbocycles. The van der Waals surface area contributed by atoms with Gasteiger partial charge in [-0.3, -0.25) is 4.79 Å². The van der Waals surface area contributed by atoms with E-state index in [-0.39, 0.29) is 18.2 Å². The first-order valence-electron chi connectivity index (χ1n) is 6.28. The number of hydrogen-bond acceptors (Lipinski definition) is 3. The fourth-order valence-electron chi connectivity index (χ4n) is 1.79. The average molecular weight is 265 g/mol. The molecule has 1 heterocycles. The molecule has 1 aliphatic heterocycles. The molecule has 6 heteroatoms. The summed E-state index contributed by atoms with van der Waals surface area (Å²) in [5, 5.41) is 12.1. The van der Waals surface area contributed by atoms with Gasteiger partial charge >= 0.3 is 7.12 Å². The first-order valence-corrected chi connectivity index (χ1v) is 6.28. The third kappa shape index (κ3) is 2.64. The lowest BCUT2D eigenvalue weighted by atomic mass is 9.79. The van der Waals surface area contributed by atoms with E-state index in [4.69, 9.17) is 4.65 Å². The molecule has 1 amide bonds. The van der Waals surface area contributed by atoms with Crippen molar-refractivity contribution in [2.24, 2.45) is 5.41 Å². The minimum absolute atomic E-state index is 0.128. The first-order chi connectivity index (χ1) is 8.85. The SMILES string of the molecule is CCC(C)(C)C(=O)Nc1cc2c(cc1F)B(O)OC2. The topological polar surface area (TPSA) is 58.6 Å². The summed E-state index contributed by atoms with van der Waals surface area (Å²) in [6, 6.07) is 2.73. The van der Waals surface area contributed by atoms with Gasteiger partial charge in [0.25, 0.3) is 0 Å². The Morgan fingerprint density at radius 3 is 2.89 bits per heavy atom. The van der Waals surface area contributed by atoms with Crippen LogP contribution in [0.3, 0.4) is 0 Å². The Bertz CT molecular complexity index is 519. The van der Waals surface area contributed by atoms with Crippen LogP contribution in [-0.2, 0) is 16.1 Å². The lowest BCUT2D eigenvalue weighted by Crippen LogP contribution is -2.31. The Kier molecular flexibility index (Phi) is 3.65. The number of carbonyl (C=O) groups is 1. The Hall–Kier alpha value is -1.40. The summed E-state index contributed by atoms with van der Waals surface area (Å²) < 4.78 is 18.9. The van der Waals surface area contributed by atoms with Gasteiger partial charge in [0.1, 0.15) is 5.82 Å². The first kappa shape index (κ1) is 14.0. The number of halogens is 1. The van der Waals surface area contributed by atoms with Crippen molar-refractivity contribution in [2.75, 3.05) is 5.32 Å². The van der Waals surface area contributed by atoms with Crippen LogP contribution in [0, 0.1) is 11.2 Å². The van der Waals surface area contributed by atoms with E-state index in [0.717, 1.165) is 0 Å². The van der Waals surface area contributed by atoms with Gasteiger partial charge in [0, 0.05) is 5.41 Å². The molecule has 1 aliphatic rings. The molecule has 4 nitrogen and oxygen atoms in total. The van der Waals surface area contributed by atoms with Gasteiger partial charge in [-0.05, 0) is 29.6 Å². The third-order valence-electron chi connectivity index (χ3n) is 3.64. The van der Waals surface area contributed by atoms with Crippen LogP contribution in [0.25, 0.3) is 0 Å². The van der Waals surface area contributed by atoms with Crippen LogP contribution in [0.5, 0.6) is 0 Å². The highest BCUT2D eigenvalue weighted by molar-refractivity contribution is 6.61. The summed E-state index contributed by atoms with van der Waals surface area (Å²) in [7, 11) is -1.08. The molecule has 0 aliphatic carbocycles. The number of rotatable bonds is 3. The molecule has 19 heavy (non-hydrogen) atoms. The normalized spacial score (nSPS) is 14.5. The monoisotopic (exact) mass is 265 g/mol. The molecule has 102 valence electrons. The standard InChI is InChI=1S/C13H17BFNO3/c1-4-13(2,3)12(17)16-11-5-8-7-19-14(18)9(8)6-10(11)15/h5-6,18H,4,7H2,1-3H3,(H,16,17). The van der Waals surface area contributed by atoms with Gasteiger partial charge in [0.15, 0.2) is 0 Å². The van der Waals surface area contributed by atoms with Crippen molar-refractivity contribution in [1.82, 2.24) is 0 Å². The molecule has 2 N–H and O–H groups in total. The van der Waals surface area contributed by atoms with Gasteiger partial charge < -0.3 is 15.0 Å². The summed E-state index contributed by atoms with van der Waals surface area (Å²) in [6.45, 7) is 5.74. The van der Waals surface area contributed by atoms with Gasteiger partial charge in [0.05, 0.1) is 12.3 Å². The van der Waals surface area contributed by atoms with Crippen molar-refractivity contribution < 1.29 is 18.9 Å². The lowest BCUT2D eigenvalue weighted by Gasteiger charge is -2.21. The molecule has 0 aromatic heterocycles. The van der Waals surface area contributed by atoms with Crippen LogP contribution < -0.4 is 10.8 Å². The largest absolute Gasteiger partial charge is 0.491 e. The zero-order valence-electron chi connectivity index (χ0n) is 11.3. The molecule has 0 saturated heterocycles. The minimum atomic E-state index is -1.08. The predicted octanol–water partition coefficient (Wildman–Crippen LogP) is 1.42. The molecular weight excluding hydrogens is 248 g/mol. The van der Waals surface area contributed by atoms with Gasteiger partial charge in [-0.2, -0.15) is 0 Å². The van der Waals surface area contributed by atoms with Crippen molar-refractivity contribution in [1.29, 1.82) is 0 Å². The average Bonchev–Trinajstić information content (AvgIpc) is 2.71. The number of hydrogen-bond donors (Lipinski definition) is 2. The Morgan fingerprint density at radius 2 is 2.26 bits per heavy atom. The fraction of sp³-hybridized carbons (Fsp3) is 0.462. The molecule has 0 bridgehead atoms. The molecule has 2 rings (SSSR count). The quantitative estimate of drug-likeness (QED) is 0.812. The second kappa shape index (κ2) is 4.94. The Labute approximate surface area is 112 Å². The van der Waals surface area contributed by atoms with Crippen molar-refractivity contribution in [2.45, 2.75) is 33.8 Å². The minimum Gasteiger partial charge on any atom is -0.423 e. The highest BCUT2D eigenvalue weighted by Crippen LogP contribution is 2.25. The van der Waals surface area contributed by atoms with E-state index in [1.54, 1.807) is 13.8 Å². The predicted molar refractivity (Wildman–Crippen MR) is 71.5 cm³/mol. The van der Waals surface area contributed by atoms with Crippen LogP contribution in [0.4, 0.5) is 10.1 Å². The Balaban J connectivity index is 2.25. The smallest absolute Gasteiger partial charge is 0.423 e. The van der Waals surface area contributed by atoms with Crippen LogP contribution in [0.2, 0.25) is 0 Å². The zero-order valence-corrected chi connectivity index (χ0v) is 11.3. The molecular formula is C13H17BFNO3. The van der Waals surface area contributed by atoms with Crippen LogP contribution in [-0.4, -0.2) is 18.0 Å². The molecule has 0 unspecified atom stereocenters. The second-order valence-corrected chi connectivity index (χ2v) is 5.39. The van der Waals surface area contributed by atoms with E-state index in [2.05, 4.69) is 5.32 Å². The van der Waals surface area contributed by atoms with Crippen molar-refractivity contribution >= 4 is 24.2 Å². The van der Waals surface area contributed by atoms with Crippen LogP contribution >= 0.6 is 0 Å². The molecule has 0 fully saturated rings. The van der Waals surface area contributed by atoms with E-state index >= 15 is 0 Å². The Morgan fingerprint density at radius 1 is 1.58 bits per heavy atom. The number of benzene rings is 1. The summed E-state index contributed by atoms with van der Waals surface area (Å²) in [5.41, 5.74) is 0.688. The van der Waals surface area contributed by atoms with Gasteiger partial charge in [-0.15, -0.1) is 0 Å². The highest BCUT2D eigenvalue weighted by atomic mass is 19.1. The summed E-state index contributed by atoms with van der Waals surface area (Å²) in [6.07, 6.45) is 0.660. The molecule has 1 aromatic rings. The third-order valence-corrected chi connectivity index (χ3v) is 3.64. The molecule has 0 spiro atoms. The maximum absolute atomic E-state index is 13.9. The van der Waals surface area contributed by atoms with Crippen molar-refractivity contribution in [3.05, 3.63) is 23.5 Å². The summed E-state index contributed by atoms with van der Waals surface area (Å²) in [4.78, 5) is 12.0. The van der Waals surface area contributed by atoms with Crippen LogP contribution in [0.15, 0.2) is 12.1 Å². The van der Waals surface area contributed by atoms with Crippen LogP contribution in [0.1, 0.15) is 32.8 Å². The number of anilines is 1. The second-order valence-electron chi connectivity index (χ2n) is 5.39. The summed E-state index contributed by atoms with van der Waals surface area (Å²) in [5.74, 6) is -0.795. The van der Waals surface area contributed by atoms with E-state index < -0.39 is 18.4 Å². The highest BCUT2D eigenvalue weighted by Gasteiger charge is 2.30. The lowest BCUT2D eigenvalue weighted by molar-refractivity contribution is -0.124. The molecule has 1 aromatic carbocycles. The number of nitrogens with one attached hydrogen (secondary N) is 1. The van der Waals surface area contributed by atoms with Gasteiger partial charge in [0.2, 0.25) is 5.91 Å². The van der Waals surface area contributed by atoms with Crippen molar-refractivity contribution in [3.8, 4) is 0 Å². The van der Waals surface area contributed by atoms with E-state index in [9.17, 15) is 14.2 Å².